The van der Waals surface area contributed by atoms with Gasteiger partial charge in [-0.2, -0.15) is 5.10 Å². The molecule has 0 radical (unpaired) electrons. The second kappa shape index (κ2) is 1.94. The Bertz CT molecular complexity index is 258. The molecule has 0 fully saturated rings. The minimum absolute atomic E-state index is 0.147. The highest BCUT2D eigenvalue weighted by Gasteiger charge is 2.34. The Kier molecular flexibility index (Phi) is 1.09. The lowest BCUT2D eigenvalue weighted by atomic mass is 10.1. The van der Waals surface area contributed by atoms with E-state index in [0.29, 0.717) is 0 Å². The van der Waals surface area contributed by atoms with Gasteiger partial charge in [-0.15, -0.1) is 0 Å². The highest BCUT2D eigenvalue weighted by Crippen LogP contribution is 2.11. The van der Waals surface area contributed by atoms with Crippen molar-refractivity contribution in [2.75, 3.05) is 0 Å². The molecule has 6 heteroatoms. The number of rotatable bonds is 0. The topological polar surface area (TPSA) is 91.9 Å². The predicted octanol–water partition coefficient (Wildman–Crippen LogP) is -2.04. The van der Waals surface area contributed by atoms with Crippen LogP contribution in [0.5, 0.6) is 0 Å². The van der Waals surface area contributed by atoms with Crippen LogP contribution < -0.4 is 16.5 Å². The zero-order valence-electron chi connectivity index (χ0n) is 5.61. The molecule has 0 aromatic heterocycles. The van der Waals surface area contributed by atoms with Gasteiger partial charge in [0.1, 0.15) is 5.92 Å². The third-order valence-electron chi connectivity index (χ3n) is 1.61. The van der Waals surface area contributed by atoms with Crippen molar-refractivity contribution < 1.29 is 4.79 Å². The van der Waals surface area contributed by atoms with E-state index in [0.717, 1.165) is 0 Å². The van der Waals surface area contributed by atoms with Crippen LogP contribution in [0.4, 0.5) is 0 Å². The maximum Gasteiger partial charge on any atom is 0.239 e. The molecule has 0 aromatic rings. The van der Waals surface area contributed by atoms with Crippen molar-refractivity contribution in [2.24, 2.45) is 21.7 Å². The van der Waals surface area contributed by atoms with Crippen molar-refractivity contribution in [1.29, 1.82) is 0 Å². The van der Waals surface area contributed by atoms with E-state index in [2.05, 4.69) is 20.8 Å². The lowest BCUT2D eigenvalue weighted by Crippen LogP contribution is -2.50. The zero-order chi connectivity index (χ0) is 7.84. The summed E-state index contributed by atoms with van der Waals surface area (Å²) in [7, 11) is 0. The Morgan fingerprint density at radius 1 is 1.64 bits per heavy atom. The fraction of sp³-hybridized carbons (Fsp3) is 0.400. The largest absolute Gasteiger partial charge is 0.370 e. The number of nitrogens with one attached hydrogen (secondary N) is 2. The minimum atomic E-state index is -0.303. The van der Waals surface area contributed by atoms with E-state index in [-0.39, 0.29) is 24.0 Å². The molecule has 2 heterocycles. The highest BCUT2D eigenvalue weighted by atomic mass is 16.2. The summed E-state index contributed by atoms with van der Waals surface area (Å²) in [5, 5.41) is 6.12. The summed E-state index contributed by atoms with van der Waals surface area (Å²) in [6.07, 6.45) is 1.22. The van der Waals surface area contributed by atoms with Gasteiger partial charge >= 0.3 is 0 Å². The van der Waals surface area contributed by atoms with Crippen LogP contribution in [-0.2, 0) is 4.79 Å². The highest BCUT2D eigenvalue weighted by molar-refractivity contribution is 6.06. The molecule has 2 aliphatic rings. The van der Waals surface area contributed by atoms with Crippen LogP contribution in [0.3, 0.4) is 0 Å². The van der Waals surface area contributed by atoms with Crippen molar-refractivity contribution in [3.63, 3.8) is 0 Å². The van der Waals surface area contributed by atoms with E-state index < -0.39 is 0 Å². The first-order valence-electron chi connectivity index (χ1n) is 3.20. The number of hydrogen-bond acceptors (Lipinski definition) is 5. The fourth-order valence-corrected chi connectivity index (χ4v) is 1.07. The number of guanidine groups is 1. The molecule has 0 spiro atoms. The van der Waals surface area contributed by atoms with Gasteiger partial charge in [0.25, 0.3) is 0 Å². The van der Waals surface area contributed by atoms with Gasteiger partial charge in [-0.1, -0.05) is 0 Å². The van der Waals surface area contributed by atoms with Gasteiger partial charge in [-0.3, -0.25) is 15.5 Å². The van der Waals surface area contributed by atoms with Crippen LogP contribution in [0.15, 0.2) is 10.1 Å². The fourth-order valence-electron chi connectivity index (χ4n) is 1.07. The summed E-state index contributed by atoms with van der Waals surface area (Å²) in [5.74, 6) is -0.312. The number of fused-ring (bicyclic) bond motifs is 1. The van der Waals surface area contributed by atoms with E-state index in [4.69, 9.17) is 5.73 Å². The van der Waals surface area contributed by atoms with Gasteiger partial charge in [-0.05, 0) is 0 Å². The van der Waals surface area contributed by atoms with Crippen LogP contribution in [0.1, 0.15) is 0 Å². The Morgan fingerprint density at radius 3 is 3.27 bits per heavy atom. The third kappa shape index (κ3) is 0.830. The molecule has 1 amide bonds. The SMILES string of the molecule is NC1=NC2NN=CC2C(=O)N1. The summed E-state index contributed by atoms with van der Waals surface area (Å²) in [6.45, 7) is 0. The molecule has 2 rings (SSSR count). The van der Waals surface area contributed by atoms with E-state index in [1.54, 1.807) is 0 Å². The molecule has 0 bridgehead atoms. The Hall–Kier alpha value is -1.59. The molecule has 2 unspecified atom stereocenters. The first-order valence-corrected chi connectivity index (χ1v) is 3.20. The monoisotopic (exact) mass is 153 g/mol. The van der Waals surface area contributed by atoms with E-state index >= 15 is 0 Å². The number of carbonyl (C=O) groups is 1. The van der Waals surface area contributed by atoms with Crippen molar-refractivity contribution in [1.82, 2.24) is 10.7 Å². The van der Waals surface area contributed by atoms with E-state index in [9.17, 15) is 4.79 Å². The number of carbonyl (C=O) groups excluding carboxylic acids is 1. The molecule has 0 saturated heterocycles. The lowest BCUT2D eigenvalue weighted by molar-refractivity contribution is -0.122. The molecule has 0 aromatic carbocycles. The van der Waals surface area contributed by atoms with Crippen LogP contribution in [0.2, 0.25) is 0 Å². The molecular formula is C5H7N5O. The molecular weight excluding hydrogens is 146 g/mol. The Labute approximate surface area is 62.5 Å². The molecule has 0 aliphatic carbocycles. The van der Waals surface area contributed by atoms with Crippen molar-refractivity contribution >= 4 is 18.1 Å². The first kappa shape index (κ1) is 6.14. The second-order valence-electron chi connectivity index (χ2n) is 2.38. The molecule has 2 aliphatic heterocycles. The normalized spacial score (nSPS) is 33.8. The first-order chi connectivity index (χ1) is 5.27. The van der Waals surface area contributed by atoms with Crippen LogP contribution in [0, 0.1) is 5.92 Å². The Balaban J connectivity index is 2.30. The molecule has 6 nitrogen and oxygen atoms in total. The second-order valence-corrected chi connectivity index (χ2v) is 2.38. The predicted molar refractivity (Wildman–Crippen MR) is 38.7 cm³/mol. The number of aliphatic imine (C=N–C) groups is 1. The minimum Gasteiger partial charge on any atom is -0.370 e. The summed E-state index contributed by atoms with van der Waals surface area (Å²) >= 11 is 0. The van der Waals surface area contributed by atoms with Gasteiger partial charge in [0, 0.05) is 6.21 Å². The maximum absolute atomic E-state index is 11.1. The molecule has 0 saturated carbocycles. The van der Waals surface area contributed by atoms with Gasteiger partial charge in [0.15, 0.2) is 12.1 Å². The zero-order valence-corrected chi connectivity index (χ0v) is 5.61. The van der Waals surface area contributed by atoms with E-state index in [1.807, 2.05) is 0 Å². The summed E-state index contributed by atoms with van der Waals surface area (Å²) in [4.78, 5) is 15.0. The van der Waals surface area contributed by atoms with Crippen LogP contribution in [0.25, 0.3) is 0 Å². The third-order valence-corrected chi connectivity index (χ3v) is 1.61. The van der Waals surface area contributed by atoms with Crippen LogP contribution >= 0.6 is 0 Å². The number of nitrogens with two attached hydrogens (primary N) is 1. The average Bonchev–Trinajstić information content (AvgIpc) is 2.34. The van der Waals surface area contributed by atoms with Crippen molar-refractivity contribution in [2.45, 2.75) is 6.17 Å². The number of nitrogens with zero attached hydrogens (tertiary/aromatic N) is 2. The van der Waals surface area contributed by atoms with Crippen molar-refractivity contribution in [3.05, 3.63) is 0 Å². The standard InChI is InChI=1S/C5H7N5O/c6-5-8-3-2(1-7-10-3)4(11)9-5/h1-3,10H,(H3,6,8,9,11). The summed E-state index contributed by atoms with van der Waals surface area (Å²) in [6, 6.07) is 0. The number of amides is 1. The Morgan fingerprint density at radius 2 is 2.45 bits per heavy atom. The maximum atomic E-state index is 11.1. The molecule has 2 atom stereocenters. The van der Waals surface area contributed by atoms with Gasteiger partial charge in [-0.25, -0.2) is 4.99 Å². The summed E-state index contributed by atoms with van der Waals surface area (Å²) in [5.41, 5.74) is 7.96. The molecule has 4 N–H and O–H groups in total. The van der Waals surface area contributed by atoms with Crippen molar-refractivity contribution in [3.8, 4) is 0 Å². The quantitative estimate of drug-likeness (QED) is 0.374. The van der Waals surface area contributed by atoms with Gasteiger partial charge in [0.2, 0.25) is 5.91 Å². The van der Waals surface area contributed by atoms with E-state index in [1.165, 1.54) is 6.21 Å². The lowest BCUT2D eigenvalue weighted by Gasteiger charge is -2.19. The number of hydrogen-bond donors (Lipinski definition) is 3. The van der Waals surface area contributed by atoms with Gasteiger partial charge < -0.3 is 5.73 Å². The summed E-state index contributed by atoms with van der Waals surface area (Å²) < 4.78 is 0. The van der Waals surface area contributed by atoms with Gasteiger partial charge in [0.05, 0.1) is 0 Å². The van der Waals surface area contributed by atoms with Crippen LogP contribution in [-0.4, -0.2) is 24.2 Å². The average molecular weight is 153 g/mol. The number of hydrazone groups is 1. The molecule has 11 heavy (non-hydrogen) atoms. The molecule has 58 valence electrons. The smallest absolute Gasteiger partial charge is 0.239 e.